The van der Waals surface area contributed by atoms with Crippen molar-refractivity contribution in [3.8, 4) is 5.75 Å². The molecule has 0 unspecified atom stereocenters. The van der Waals surface area contributed by atoms with Crippen LogP contribution in [-0.2, 0) is 6.54 Å². The smallest absolute Gasteiger partial charge is 0.119 e. The Hall–Kier alpha value is -2.50. The third-order valence-corrected chi connectivity index (χ3v) is 4.82. The fourth-order valence-electron chi connectivity index (χ4n) is 3.08. The molecule has 24 heavy (non-hydrogen) atoms. The Morgan fingerprint density at radius 2 is 1.83 bits per heavy atom. The summed E-state index contributed by atoms with van der Waals surface area (Å²) in [4.78, 5) is 5.36. The molecule has 0 amide bonds. The van der Waals surface area contributed by atoms with Crippen molar-refractivity contribution in [1.29, 1.82) is 0 Å². The van der Waals surface area contributed by atoms with Crippen molar-refractivity contribution in [2.24, 2.45) is 5.14 Å². The molecule has 4 nitrogen and oxygen atoms in total. The van der Waals surface area contributed by atoms with Crippen LogP contribution in [0.4, 0.5) is 0 Å². The number of fused-ring (bicyclic) bond motifs is 3. The average molecular weight is 335 g/mol. The molecular formula is C19H17N3OS. The summed E-state index contributed by atoms with van der Waals surface area (Å²) in [6.07, 6.45) is 3.75. The van der Waals surface area contributed by atoms with Crippen molar-refractivity contribution in [3.05, 3.63) is 66.5 Å². The molecule has 0 aliphatic carbocycles. The van der Waals surface area contributed by atoms with Gasteiger partial charge in [-0.15, -0.1) is 0 Å². The van der Waals surface area contributed by atoms with Gasteiger partial charge in [-0.05, 0) is 53.9 Å². The van der Waals surface area contributed by atoms with E-state index in [1.54, 1.807) is 7.11 Å². The van der Waals surface area contributed by atoms with Crippen molar-refractivity contribution in [2.75, 3.05) is 7.11 Å². The SMILES string of the molecule is COc1ccc2c(c1)c1cnccc1n2Cc1ccc(SN)cc1. The van der Waals surface area contributed by atoms with Crippen LogP contribution in [-0.4, -0.2) is 16.7 Å². The number of rotatable bonds is 4. The van der Waals surface area contributed by atoms with E-state index in [9.17, 15) is 0 Å². The second kappa shape index (κ2) is 6.19. The zero-order chi connectivity index (χ0) is 16.5. The summed E-state index contributed by atoms with van der Waals surface area (Å²) in [5, 5.41) is 7.90. The van der Waals surface area contributed by atoms with Crippen LogP contribution < -0.4 is 9.88 Å². The van der Waals surface area contributed by atoms with E-state index in [2.05, 4.69) is 52.0 Å². The van der Waals surface area contributed by atoms with Gasteiger partial charge in [0.2, 0.25) is 0 Å². The molecule has 2 N–H and O–H groups in total. The van der Waals surface area contributed by atoms with Crippen molar-refractivity contribution >= 4 is 33.8 Å². The van der Waals surface area contributed by atoms with E-state index in [0.717, 1.165) is 28.0 Å². The van der Waals surface area contributed by atoms with Crippen molar-refractivity contribution in [1.82, 2.24) is 9.55 Å². The van der Waals surface area contributed by atoms with Gasteiger partial charge in [0.15, 0.2) is 0 Å². The van der Waals surface area contributed by atoms with Gasteiger partial charge in [-0.2, -0.15) is 0 Å². The molecule has 0 saturated carbocycles. The van der Waals surface area contributed by atoms with E-state index in [0.29, 0.717) is 0 Å². The van der Waals surface area contributed by atoms with E-state index in [1.807, 2.05) is 18.5 Å². The maximum absolute atomic E-state index is 5.60. The van der Waals surface area contributed by atoms with Gasteiger partial charge in [0, 0.05) is 40.1 Å². The normalized spacial score (nSPS) is 11.2. The lowest BCUT2D eigenvalue weighted by atomic mass is 10.2. The second-order valence-corrected chi connectivity index (χ2v) is 6.33. The molecule has 0 radical (unpaired) electrons. The molecule has 2 aromatic carbocycles. The summed E-state index contributed by atoms with van der Waals surface area (Å²) in [5.41, 5.74) is 3.58. The van der Waals surface area contributed by atoms with Gasteiger partial charge in [-0.25, -0.2) is 0 Å². The van der Waals surface area contributed by atoms with Crippen LogP contribution in [0.1, 0.15) is 5.56 Å². The predicted octanol–water partition coefficient (Wildman–Crippen LogP) is 4.21. The van der Waals surface area contributed by atoms with Crippen LogP contribution in [0, 0.1) is 0 Å². The van der Waals surface area contributed by atoms with Gasteiger partial charge < -0.3 is 9.30 Å². The Morgan fingerprint density at radius 1 is 1.04 bits per heavy atom. The number of hydrogen-bond acceptors (Lipinski definition) is 4. The van der Waals surface area contributed by atoms with Crippen molar-refractivity contribution < 1.29 is 4.74 Å². The van der Waals surface area contributed by atoms with Crippen LogP contribution in [0.15, 0.2) is 65.8 Å². The van der Waals surface area contributed by atoms with Crippen LogP contribution in [0.2, 0.25) is 0 Å². The minimum absolute atomic E-state index is 0.797. The van der Waals surface area contributed by atoms with Gasteiger partial charge in [-0.1, -0.05) is 12.1 Å². The lowest BCUT2D eigenvalue weighted by molar-refractivity contribution is 0.415. The fourth-order valence-corrected chi connectivity index (χ4v) is 3.37. The third kappa shape index (κ3) is 2.52. The number of nitrogens with zero attached hydrogens (tertiary/aromatic N) is 2. The molecule has 2 aromatic heterocycles. The zero-order valence-corrected chi connectivity index (χ0v) is 14.1. The van der Waals surface area contributed by atoms with E-state index in [1.165, 1.54) is 28.5 Å². The summed E-state index contributed by atoms with van der Waals surface area (Å²) in [7, 11) is 1.69. The molecule has 120 valence electrons. The summed E-state index contributed by atoms with van der Waals surface area (Å²) in [5.74, 6) is 0.856. The number of ether oxygens (including phenoxy) is 1. The molecular weight excluding hydrogens is 318 g/mol. The lowest BCUT2D eigenvalue weighted by Crippen LogP contribution is -1.99. The fraction of sp³-hybridized carbons (Fsp3) is 0.105. The topological polar surface area (TPSA) is 53.1 Å². The summed E-state index contributed by atoms with van der Waals surface area (Å²) in [6.45, 7) is 0.797. The summed E-state index contributed by atoms with van der Waals surface area (Å²) in [6, 6.07) is 16.6. The highest BCUT2D eigenvalue weighted by Crippen LogP contribution is 2.31. The first-order valence-corrected chi connectivity index (χ1v) is 8.54. The Balaban J connectivity index is 1.88. The molecule has 0 saturated heterocycles. The summed E-state index contributed by atoms with van der Waals surface area (Å²) < 4.78 is 7.70. The van der Waals surface area contributed by atoms with E-state index >= 15 is 0 Å². The van der Waals surface area contributed by atoms with Crippen LogP contribution in [0.5, 0.6) is 5.75 Å². The monoisotopic (exact) mass is 335 g/mol. The minimum Gasteiger partial charge on any atom is -0.497 e. The molecule has 0 fully saturated rings. The zero-order valence-electron chi connectivity index (χ0n) is 13.3. The molecule has 0 aliphatic rings. The minimum atomic E-state index is 0.797. The second-order valence-electron chi connectivity index (χ2n) is 5.62. The number of hydrogen-bond donors (Lipinski definition) is 1. The molecule has 2 heterocycles. The number of benzene rings is 2. The van der Waals surface area contributed by atoms with Gasteiger partial charge in [0.1, 0.15) is 5.75 Å². The molecule has 4 rings (SSSR count). The van der Waals surface area contributed by atoms with Crippen LogP contribution in [0.25, 0.3) is 21.8 Å². The predicted molar refractivity (Wildman–Crippen MR) is 99.4 cm³/mol. The standard InChI is InChI=1S/C19H17N3OS/c1-23-14-4-7-18-16(10-14)17-11-21-9-8-19(17)22(18)12-13-2-5-15(24-20)6-3-13/h2-11H,12,20H2,1H3. The van der Waals surface area contributed by atoms with E-state index in [4.69, 9.17) is 9.88 Å². The van der Waals surface area contributed by atoms with E-state index < -0.39 is 0 Å². The van der Waals surface area contributed by atoms with E-state index in [-0.39, 0.29) is 0 Å². The highest BCUT2D eigenvalue weighted by atomic mass is 32.2. The molecule has 4 aromatic rings. The number of pyridine rings is 1. The molecule has 0 aliphatic heterocycles. The first kappa shape index (κ1) is 15.1. The van der Waals surface area contributed by atoms with Gasteiger partial charge in [-0.3, -0.25) is 10.1 Å². The Kier molecular flexibility index (Phi) is 3.88. The van der Waals surface area contributed by atoms with Gasteiger partial charge >= 0.3 is 0 Å². The summed E-state index contributed by atoms with van der Waals surface area (Å²) >= 11 is 1.27. The van der Waals surface area contributed by atoms with Crippen molar-refractivity contribution in [3.63, 3.8) is 0 Å². The van der Waals surface area contributed by atoms with Crippen LogP contribution in [0.3, 0.4) is 0 Å². The van der Waals surface area contributed by atoms with Gasteiger partial charge in [0.25, 0.3) is 0 Å². The van der Waals surface area contributed by atoms with Crippen LogP contribution >= 0.6 is 11.9 Å². The molecule has 0 spiro atoms. The highest BCUT2D eigenvalue weighted by molar-refractivity contribution is 7.97. The first-order chi connectivity index (χ1) is 11.8. The lowest BCUT2D eigenvalue weighted by Gasteiger charge is -2.08. The number of aromatic nitrogens is 2. The quantitative estimate of drug-likeness (QED) is 0.568. The largest absolute Gasteiger partial charge is 0.497 e. The Morgan fingerprint density at radius 3 is 2.58 bits per heavy atom. The Bertz CT molecular complexity index is 1010. The maximum Gasteiger partial charge on any atom is 0.119 e. The Labute approximate surface area is 144 Å². The number of methoxy groups -OCH3 is 1. The van der Waals surface area contributed by atoms with Gasteiger partial charge in [0.05, 0.1) is 12.6 Å². The maximum atomic E-state index is 5.60. The highest BCUT2D eigenvalue weighted by Gasteiger charge is 2.12. The first-order valence-electron chi connectivity index (χ1n) is 7.66. The molecule has 0 bridgehead atoms. The number of nitrogens with two attached hydrogens (primary N) is 1. The van der Waals surface area contributed by atoms with Crippen molar-refractivity contribution in [2.45, 2.75) is 11.4 Å². The molecule has 5 heteroatoms. The third-order valence-electron chi connectivity index (χ3n) is 4.27. The average Bonchev–Trinajstić information content (AvgIpc) is 2.96. The molecule has 0 atom stereocenters.